The van der Waals surface area contributed by atoms with E-state index >= 15 is 0 Å². The van der Waals surface area contributed by atoms with E-state index in [1.807, 2.05) is 48.0 Å². The van der Waals surface area contributed by atoms with Crippen molar-refractivity contribution in [2.75, 3.05) is 19.0 Å². The van der Waals surface area contributed by atoms with Crippen molar-refractivity contribution in [1.29, 1.82) is 0 Å². The lowest BCUT2D eigenvalue weighted by atomic mass is 9.87. The van der Waals surface area contributed by atoms with Gasteiger partial charge in [-0.05, 0) is 42.6 Å². The minimum Gasteiger partial charge on any atom is -0.493 e. The van der Waals surface area contributed by atoms with E-state index in [0.717, 1.165) is 28.1 Å². The molecule has 8 heteroatoms. The lowest BCUT2D eigenvalue weighted by molar-refractivity contribution is 0.222. The lowest BCUT2D eigenvalue weighted by Crippen LogP contribution is -2.32. The van der Waals surface area contributed by atoms with Gasteiger partial charge in [0.25, 0.3) is 0 Å². The number of methoxy groups -OCH3 is 1. The fourth-order valence-electron chi connectivity index (χ4n) is 4.53. The van der Waals surface area contributed by atoms with Crippen molar-refractivity contribution in [3.05, 3.63) is 87.9 Å². The van der Waals surface area contributed by atoms with Crippen molar-refractivity contribution in [3.63, 3.8) is 0 Å². The van der Waals surface area contributed by atoms with Gasteiger partial charge >= 0.3 is 0 Å². The third kappa shape index (κ3) is 3.17. The van der Waals surface area contributed by atoms with Crippen molar-refractivity contribution < 1.29 is 14.2 Å². The predicted molar refractivity (Wildman–Crippen MR) is 127 cm³/mol. The van der Waals surface area contributed by atoms with Crippen LogP contribution in [0, 0.1) is 0 Å². The highest BCUT2D eigenvalue weighted by molar-refractivity contribution is 7.10. The van der Waals surface area contributed by atoms with E-state index in [9.17, 15) is 0 Å². The number of aromatic nitrogens is 3. The topological polar surface area (TPSA) is 70.4 Å². The average molecular weight is 459 g/mol. The number of hydrogen-bond donors (Lipinski definition) is 1. The molecule has 33 heavy (non-hydrogen) atoms. The molecule has 6 rings (SSSR count). The second-order valence-corrected chi connectivity index (χ2v) is 8.72. The molecule has 1 N–H and O–H groups in total. The number of anilines is 1. The summed E-state index contributed by atoms with van der Waals surface area (Å²) in [6.07, 6.45) is 1.24. The summed E-state index contributed by atoms with van der Waals surface area (Å²) in [5.41, 5.74) is 4.08. The molecule has 0 saturated carbocycles. The normalized spacial score (nSPS) is 18.5. The number of nitrogens with zero attached hydrogens (tertiary/aromatic N) is 3. The van der Waals surface area contributed by atoms with Crippen molar-refractivity contribution in [3.8, 4) is 17.2 Å². The molecule has 0 unspecified atom stereocenters. The first-order valence-electron chi connectivity index (χ1n) is 10.8. The van der Waals surface area contributed by atoms with Crippen LogP contribution in [0.4, 0.5) is 5.95 Å². The summed E-state index contributed by atoms with van der Waals surface area (Å²) in [6.45, 7) is 2.53. The van der Waals surface area contributed by atoms with Crippen LogP contribution < -0.4 is 19.5 Å². The molecule has 0 spiro atoms. The third-order valence-corrected chi connectivity index (χ3v) is 6.85. The Hall–Kier alpha value is -3.78. The van der Waals surface area contributed by atoms with Gasteiger partial charge in [0.15, 0.2) is 11.5 Å². The second kappa shape index (κ2) is 7.97. The first kappa shape index (κ1) is 19.9. The maximum absolute atomic E-state index is 6.66. The quantitative estimate of drug-likeness (QED) is 0.437. The van der Waals surface area contributed by atoms with Crippen molar-refractivity contribution in [2.24, 2.45) is 0 Å². The van der Waals surface area contributed by atoms with E-state index in [-0.39, 0.29) is 12.1 Å². The molecule has 4 aromatic rings. The Morgan fingerprint density at radius 2 is 2.03 bits per heavy atom. The first-order chi connectivity index (χ1) is 16.3. The van der Waals surface area contributed by atoms with Gasteiger partial charge < -0.3 is 19.5 Å². The molecule has 4 heterocycles. The monoisotopic (exact) mass is 458 g/mol. The summed E-state index contributed by atoms with van der Waals surface area (Å²) in [5, 5.41) is 10.2. The molecular formula is C25H22N4O3S. The minimum absolute atomic E-state index is 0.144. The Balaban J connectivity index is 1.57. The number of hydrogen-bond acceptors (Lipinski definition) is 7. The Labute approximate surface area is 195 Å². The largest absolute Gasteiger partial charge is 0.493 e. The summed E-state index contributed by atoms with van der Waals surface area (Å²) in [7, 11) is 1.65. The standard InChI is InChI=1S/C25H22N4O3S/c1-3-31-18-11-10-15(13-19(18)30-2)24-21-22(16-7-4-5-8-17(16)32-24)28-25-26-14-27-29(25)23(21)20-9-6-12-33-20/h4-14,23-24H,3H2,1-2H3,(H,26,27,28)/t23-,24+/m1/s1. The van der Waals surface area contributed by atoms with Gasteiger partial charge in [-0.3, -0.25) is 0 Å². The van der Waals surface area contributed by atoms with Gasteiger partial charge in [-0.2, -0.15) is 10.1 Å². The van der Waals surface area contributed by atoms with Crippen molar-refractivity contribution in [2.45, 2.75) is 19.1 Å². The number of rotatable bonds is 5. The van der Waals surface area contributed by atoms with Crippen LogP contribution in [0.15, 0.2) is 71.9 Å². The summed E-state index contributed by atoms with van der Waals surface area (Å²) < 4.78 is 20.0. The van der Waals surface area contributed by atoms with Gasteiger partial charge in [0.1, 0.15) is 24.2 Å². The maximum Gasteiger partial charge on any atom is 0.226 e. The van der Waals surface area contributed by atoms with Crippen LogP contribution >= 0.6 is 11.3 Å². The molecule has 0 radical (unpaired) electrons. The van der Waals surface area contributed by atoms with E-state index in [1.54, 1.807) is 24.8 Å². The van der Waals surface area contributed by atoms with Crippen LogP contribution in [-0.4, -0.2) is 28.5 Å². The number of nitrogens with one attached hydrogen (secondary N) is 1. The van der Waals surface area contributed by atoms with Gasteiger partial charge in [-0.15, -0.1) is 11.3 Å². The Morgan fingerprint density at radius 3 is 2.85 bits per heavy atom. The first-order valence-corrected chi connectivity index (χ1v) is 11.7. The minimum atomic E-state index is -0.351. The summed E-state index contributed by atoms with van der Waals surface area (Å²) in [5.74, 6) is 2.92. The molecule has 2 aliphatic rings. The molecule has 0 aliphatic carbocycles. The average Bonchev–Trinajstić information content (AvgIpc) is 3.55. The number of fused-ring (bicyclic) bond motifs is 3. The van der Waals surface area contributed by atoms with Crippen LogP contribution in [0.3, 0.4) is 0 Å². The fraction of sp³-hybridized carbons (Fsp3) is 0.200. The predicted octanol–water partition coefficient (Wildman–Crippen LogP) is 5.31. The Morgan fingerprint density at radius 1 is 1.12 bits per heavy atom. The van der Waals surface area contributed by atoms with Gasteiger partial charge in [0.2, 0.25) is 5.95 Å². The highest BCUT2D eigenvalue weighted by atomic mass is 32.1. The van der Waals surface area contributed by atoms with Crippen LogP contribution in [0.5, 0.6) is 17.2 Å². The van der Waals surface area contributed by atoms with Gasteiger partial charge in [-0.1, -0.05) is 24.3 Å². The van der Waals surface area contributed by atoms with Crippen molar-refractivity contribution in [1.82, 2.24) is 14.8 Å². The summed E-state index contributed by atoms with van der Waals surface area (Å²) in [6, 6.07) is 18.1. The zero-order valence-corrected chi connectivity index (χ0v) is 19.0. The van der Waals surface area contributed by atoms with Gasteiger partial charge in [0.05, 0.1) is 19.4 Å². The van der Waals surface area contributed by atoms with Gasteiger partial charge in [-0.25, -0.2) is 4.68 Å². The zero-order chi connectivity index (χ0) is 22.4. The van der Waals surface area contributed by atoms with E-state index in [4.69, 9.17) is 14.2 Å². The molecule has 166 valence electrons. The summed E-state index contributed by atoms with van der Waals surface area (Å²) in [4.78, 5) is 5.64. The molecule has 2 atom stereocenters. The van der Waals surface area contributed by atoms with E-state index < -0.39 is 0 Å². The Bertz CT molecular complexity index is 1350. The molecule has 0 bridgehead atoms. The van der Waals surface area contributed by atoms with E-state index in [1.165, 1.54) is 4.88 Å². The number of para-hydroxylation sites is 1. The zero-order valence-electron chi connectivity index (χ0n) is 18.2. The molecule has 2 aliphatic heterocycles. The van der Waals surface area contributed by atoms with Crippen molar-refractivity contribution >= 4 is 23.0 Å². The van der Waals surface area contributed by atoms with Crippen LogP contribution in [0.25, 0.3) is 5.70 Å². The number of thiophene rings is 1. The van der Waals surface area contributed by atoms with E-state index in [0.29, 0.717) is 24.1 Å². The molecule has 0 saturated heterocycles. The van der Waals surface area contributed by atoms with Crippen LogP contribution in [-0.2, 0) is 0 Å². The van der Waals surface area contributed by atoms with E-state index in [2.05, 4.69) is 39.0 Å². The highest BCUT2D eigenvalue weighted by Gasteiger charge is 2.41. The molecule has 0 fully saturated rings. The molecular weight excluding hydrogens is 436 g/mol. The second-order valence-electron chi connectivity index (χ2n) is 7.74. The third-order valence-electron chi connectivity index (χ3n) is 5.92. The molecule has 0 amide bonds. The molecule has 2 aromatic carbocycles. The highest BCUT2D eigenvalue weighted by Crippen LogP contribution is 2.51. The number of benzene rings is 2. The van der Waals surface area contributed by atoms with Crippen LogP contribution in [0.2, 0.25) is 0 Å². The number of ether oxygens (including phenoxy) is 3. The van der Waals surface area contributed by atoms with Gasteiger partial charge in [0, 0.05) is 21.6 Å². The smallest absolute Gasteiger partial charge is 0.226 e. The maximum atomic E-state index is 6.66. The summed E-state index contributed by atoms with van der Waals surface area (Å²) >= 11 is 1.70. The Kier molecular flexibility index (Phi) is 4.80. The molecule has 2 aromatic heterocycles. The SMILES string of the molecule is CCOc1ccc([C@@H]2Oc3ccccc3C3=C2[C@@H](c2cccs2)n2ncnc2N3)cc1OC. The van der Waals surface area contributed by atoms with Crippen LogP contribution in [0.1, 0.15) is 35.1 Å². The fourth-order valence-corrected chi connectivity index (χ4v) is 5.36. The lowest BCUT2D eigenvalue weighted by Gasteiger charge is -2.38. The molecule has 7 nitrogen and oxygen atoms in total.